The van der Waals surface area contributed by atoms with Crippen molar-refractivity contribution in [1.29, 1.82) is 5.26 Å². The maximum atomic E-state index is 16.7. The van der Waals surface area contributed by atoms with Gasteiger partial charge in [-0.25, -0.2) is 37.1 Å². The highest BCUT2D eigenvalue weighted by Gasteiger charge is 2.59. The molecule has 5 amide bonds. The average molecular weight is 1930 g/mol. The summed E-state index contributed by atoms with van der Waals surface area (Å²) in [7, 11) is -0.194. The number of methoxy groups -OCH3 is 4. The quantitative estimate of drug-likeness (QED) is 0.0154. The van der Waals surface area contributed by atoms with Gasteiger partial charge in [0.1, 0.15) is 86.2 Å². The summed E-state index contributed by atoms with van der Waals surface area (Å²) >= 11 is 12.6. The highest BCUT2D eigenvalue weighted by atomic mass is 32.5. The summed E-state index contributed by atoms with van der Waals surface area (Å²) < 4.78 is 152. The van der Waals surface area contributed by atoms with E-state index in [-0.39, 0.29) is 103 Å². The van der Waals surface area contributed by atoms with E-state index >= 15 is 9.36 Å². The second-order valence-corrected chi connectivity index (χ2v) is 37.1. The molecule has 0 spiro atoms. The summed E-state index contributed by atoms with van der Waals surface area (Å²) in [6, 6.07) is 17.2. The molecule has 0 aliphatic carbocycles. The second-order valence-electron chi connectivity index (χ2n) is 29.6. The Morgan fingerprint density at radius 3 is 1.76 bits per heavy atom. The molecule has 0 saturated carbocycles. The molecule has 53 heteroatoms. The molecular formula is C78H101N16O32P3S2. The monoisotopic (exact) mass is 1930 g/mol. The lowest BCUT2D eigenvalue weighted by atomic mass is 10.1. The zero-order valence-corrected chi connectivity index (χ0v) is 76.6. The number of amides is 5. The number of carbonyl (C=O) groups is 4. The van der Waals surface area contributed by atoms with Crippen molar-refractivity contribution in [2.75, 3.05) is 145 Å². The van der Waals surface area contributed by atoms with Gasteiger partial charge in [0.25, 0.3) is 22.9 Å². The molecule has 6 aromatic rings. The molecule has 4 aromatic heterocycles. The third-order valence-electron chi connectivity index (χ3n) is 20.2. The smallest absolute Gasteiger partial charge is 0.394 e. The third kappa shape index (κ3) is 26.1. The minimum Gasteiger partial charge on any atom is -0.394 e. The second kappa shape index (κ2) is 48.2. The Bertz CT molecular complexity index is 5490. The minimum absolute atomic E-state index is 0.00882. The van der Waals surface area contributed by atoms with Crippen molar-refractivity contribution >= 4 is 91.6 Å². The molecule has 0 bridgehead atoms. The Labute approximate surface area is 758 Å². The molecule has 9 heterocycles. The van der Waals surface area contributed by atoms with Crippen molar-refractivity contribution in [1.82, 2.24) is 54.2 Å². The number of H-pyrrole nitrogens is 2. The number of fused-ring (bicyclic) bond motifs is 1. The van der Waals surface area contributed by atoms with Crippen LogP contribution in [-0.4, -0.2) is 297 Å². The van der Waals surface area contributed by atoms with Crippen LogP contribution in [0.15, 0.2) is 110 Å². The van der Waals surface area contributed by atoms with Gasteiger partial charge in [-0.15, -0.1) is 0 Å². The Hall–Kier alpha value is -9.15. The van der Waals surface area contributed by atoms with Crippen LogP contribution >= 0.6 is 21.3 Å². The van der Waals surface area contributed by atoms with E-state index in [1.165, 1.54) is 58.5 Å². The van der Waals surface area contributed by atoms with E-state index in [1.807, 2.05) is 6.07 Å². The van der Waals surface area contributed by atoms with Gasteiger partial charge in [0, 0.05) is 75.2 Å². The topological polar surface area (TPSA) is 557 Å². The van der Waals surface area contributed by atoms with Crippen LogP contribution in [0.1, 0.15) is 77.7 Å². The van der Waals surface area contributed by atoms with Crippen LogP contribution in [-0.2, 0) is 131 Å². The number of hydrogen-bond donors (Lipinski definition) is 8. The Balaban J connectivity index is 1.01. The van der Waals surface area contributed by atoms with Crippen LogP contribution in [0.4, 0.5) is 16.6 Å². The van der Waals surface area contributed by atoms with Gasteiger partial charge in [0.2, 0.25) is 24.9 Å². The molecule has 11 rings (SSSR count). The number of hydrogen-bond acceptors (Lipinski definition) is 38. The van der Waals surface area contributed by atoms with Crippen molar-refractivity contribution in [3.63, 3.8) is 0 Å². The molecule has 20 atom stereocenters. The Morgan fingerprint density at radius 2 is 1.15 bits per heavy atom. The van der Waals surface area contributed by atoms with Crippen LogP contribution in [0.25, 0.3) is 20.9 Å². The lowest BCUT2D eigenvalue weighted by Crippen LogP contribution is -2.59. The molecule has 2 aromatic carbocycles. The normalized spacial score (nSPS) is 25.6. The largest absolute Gasteiger partial charge is 0.475 e. The van der Waals surface area contributed by atoms with Gasteiger partial charge < -0.3 is 106 Å². The summed E-state index contributed by atoms with van der Waals surface area (Å²) in [5.74, 6) is -2.82. The number of benzene rings is 2. The number of anilines is 2. The zero-order chi connectivity index (χ0) is 94.3. The maximum absolute atomic E-state index is 16.7. The van der Waals surface area contributed by atoms with Crippen LogP contribution in [0.3, 0.4) is 0 Å². The number of aromatic nitrogens is 8. The van der Waals surface area contributed by atoms with Gasteiger partial charge in [0.15, 0.2) is 48.5 Å². The maximum Gasteiger partial charge on any atom is 0.475 e. The number of imidazole rings is 1. The molecule has 4 fully saturated rings. The fourth-order valence-electron chi connectivity index (χ4n) is 13.7. The number of nitriles is 1. The first-order valence-corrected chi connectivity index (χ1v) is 47.3. The molecule has 5 aliphatic rings. The van der Waals surface area contributed by atoms with E-state index in [9.17, 15) is 49.0 Å². The summed E-state index contributed by atoms with van der Waals surface area (Å²) in [5, 5.41) is 44.1. The Morgan fingerprint density at radius 1 is 0.603 bits per heavy atom. The first-order chi connectivity index (χ1) is 62.9. The van der Waals surface area contributed by atoms with Crippen LogP contribution < -0.4 is 43.8 Å². The van der Waals surface area contributed by atoms with Crippen molar-refractivity contribution in [2.45, 2.75) is 146 Å². The van der Waals surface area contributed by atoms with Crippen molar-refractivity contribution < 1.29 is 132 Å². The van der Waals surface area contributed by atoms with Crippen LogP contribution in [0, 0.1) is 44.2 Å². The number of nitrogens with zero attached hydrogens (tertiary/aromatic N) is 10. The predicted molar refractivity (Wildman–Crippen MR) is 462 cm³/mol. The molecular weight excluding hydrogens is 1830 g/mol. The third-order valence-corrected chi connectivity index (χ3v) is 26.3. The molecule has 4 saturated heterocycles. The van der Waals surface area contributed by atoms with Gasteiger partial charge in [-0.3, -0.25) is 85.0 Å². The van der Waals surface area contributed by atoms with Gasteiger partial charge in [-0.05, 0) is 74.2 Å². The summed E-state index contributed by atoms with van der Waals surface area (Å²) in [6.07, 6.45) is -23.8. The molecule has 48 nitrogen and oxygen atoms in total. The predicted octanol–water partition coefficient (Wildman–Crippen LogP) is 3.49. The highest BCUT2D eigenvalue weighted by molar-refractivity contribution is 8.07. The summed E-state index contributed by atoms with van der Waals surface area (Å²) in [5.41, 5.74) is -2.97. The fourth-order valence-corrected chi connectivity index (χ4v) is 19.4. The number of aryl methyl sites for hydroxylation is 2. The lowest BCUT2D eigenvalue weighted by molar-refractivity contribution is -0.142. The van der Waals surface area contributed by atoms with E-state index in [0.29, 0.717) is 0 Å². The first-order valence-electron chi connectivity index (χ1n) is 40.8. The molecule has 5 aliphatic heterocycles. The van der Waals surface area contributed by atoms with Crippen molar-refractivity contribution in [3.8, 4) is 6.07 Å². The first kappa shape index (κ1) is 102. The van der Waals surface area contributed by atoms with Gasteiger partial charge in [-0.1, -0.05) is 50.2 Å². The number of carbonyl (C=O) groups excluding carboxylic acids is 4. The van der Waals surface area contributed by atoms with Crippen LogP contribution in [0.5, 0.6) is 0 Å². The number of aliphatic hydroxyl groups is 2. The summed E-state index contributed by atoms with van der Waals surface area (Å²) in [4.78, 5) is 135. The lowest BCUT2D eigenvalue weighted by Gasteiger charge is -2.36. The number of urea groups is 1. The molecule has 0 radical (unpaired) electrons. The van der Waals surface area contributed by atoms with E-state index < -0.39 is 237 Å². The minimum atomic E-state index is -5.67. The fraction of sp³-hybridized carbons (Fsp3) is 0.564. The molecule has 131 heavy (non-hydrogen) atoms. The van der Waals surface area contributed by atoms with Crippen molar-refractivity contribution in [2.24, 2.45) is 5.92 Å². The van der Waals surface area contributed by atoms with Gasteiger partial charge in [-0.2, -0.15) is 15.2 Å². The highest BCUT2D eigenvalue weighted by Crippen LogP contribution is 2.61. The number of aliphatic hydroxyl groups excluding tert-OH is 2. The van der Waals surface area contributed by atoms with Gasteiger partial charge >= 0.3 is 38.7 Å². The molecule has 8 N–H and O–H groups in total. The van der Waals surface area contributed by atoms with Gasteiger partial charge in [0.05, 0.1) is 98.1 Å². The average Bonchev–Trinajstić information content (AvgIpc) is 1.62. The van der Waals surface area contributed by atoms with E-state index in [0.717, 1.165) is 20.4 Å². The number of nitrogens with one attached hydrogen (secondary N) is 6. The zero-order valence-electron chi connectivity index (χ0n) is 72.3. The number of phosphoric acid groups is 1. The van der Waals surface area contributed by atoms with Crippen LogP contribution in [0.2, 0.25) is 0 Å². The number of rotatable bonds is 50. The van der Waals surface area contributed by atoms with E-state index in [1.54, 1.807) is 88.4 Å². The molecule has 8 unspecified atom stereocenters. The Kier molecular flexibility index (Phi) is 37.6. The van der Waals surface area contributed by atoms with Crippen molar-refractivity contribution in [3.05, 3.63) is 178 Å². The summed E-state index contributed by atoms with van der Waals surface area (Å²) in [6.45, 7) is 6.80. The van der Waals surface area contributed by atoms with E-state index in [4.69, 9.17) is 134 Å². The number of phosphoric ester groups is 1. The standard InChI is InChI=1S/C78H101N16O32P3S2/c1-44(2)65(97)88-75-87-64-53(69(101)89-75)82-43-94(64)73-59(112-35-31-108-10)56(124-128(130,115-26-18-23-79)118-41-51-54(96)57(110-33-29-106-8)70(120-51)93-39-47(5)66(98)90-78(93)104)52(121-73)42-117-127(105,114-27-24-80-6)123-61-60(113-36-32-109-11)72(92-38-46(4)63(86-77(92)103)84-68(100)49-21-16-13-17-22-49)122-74(61)126-129(131,116-28-25-81-7)125-55-50(40-95)119-71(58(55)111-34-30-107-9)91-37-45(3)62(85-76(91)102)83-67(99)48-19-14-12-15-20-48/h12-17,19-22,37-39,43-44,50-52,54-61,63,70-74,95-96H,18,24-36,40-42H2,1-5,8-11H3,(H,84,100)(H,86,103)(H,90,98,104)(H,83,85,99,102)(H2,87,88,89,97,101)/t50-,51-,52-,54+,55+,56+,57?,58?,59?,60?,61-,63?,70-,71-,72-,73-,74-,127?,128?,129?/m1/s1. The SMILES string of the molecule is [C-]#[N+]CCOP(=O)(OC[C@H]1O[C@@H](n2cnc3c(=O)[nH]c(NC(=O)C(C)C)nc32)C(OCCOC)[C@H]1OP(=S)(OCCC#N)OC[C@H]1O[C@@H](n2cc(C)c(=O)[nH]c2=O)C(OCCOC)[C@H]1O)O[C@@H]1C(OCCOC)[C@H](N2C=C(C)C(NC(=O)c3ccccc3)NC2=O)O[C@@H]1OP(=S)(OCC[N+]#[C-])O[C@@H]1C(OCCOC)[C@H](n2cc(C)c(NC(=O)c3ccccc3)nc2=O)O[C@@H]1CO. The molecule has 712 valence electrons. The number of aromatic amines is 2. The number of ether oxygens (including phenoxy) is 12. The van der Waals surface area contributed by atoms with E-state index in [2.05, 4.69) is 55.9 Å².